The van der Waals surface area contributed by atoms with Crippen LogP contribution in [0.3, 0.4) is 0 Å². The number of aliphatic hydroxyl groups excluding tert-OH is 1. The lowest BCUT2D eigenvalue weighted by Gasteiger charge is -2.57. The number of H-pyrrole nitrogens is 1. The average Bonchev–Trinajstić information content (AvgIpc) is 3.48. The Morgan fingerprint density at radius 2 is 1.95 bits per heavy atom. The molecule has 0 saturated heterocycles. The number of oxime groups is 1. The zero-order valence-electron chi connectivity index (χ0n) is 23.5. The first-order valence-electron chi connectivity index (χ1n) is 14.8. The number of aromatic amines is 1. The van der Waals surface area contributed by atoms with Crippen molar-refractivity contribution in [2.75, 3.05) is 6.61 Å². The fourth-order valence-electron chi connectivity index (χ4n) is 8.75. The Labute approximate surface area is 235 Å². The van der Waals surface area contributed by atoms with Crippen molar-refractivity contribution < 1.29 is 24.6 Å². The summed E-state index contributed by atoms with van der Waals surface area (Å²) < 4.78 is 0. The summed E-state index contributed by atoms with van der Waals surface area (Å²) in [7, 11) is 0. The summed E-state index contributed by atoms with van der Waals surface area (Å²) >= 11 is 0. The van der Waals surface area contributed by atoms with Crippen LogP contribution in [0.25, 0.3) is 10.9 Å². The highest BCUT2D eigenvalue weighted by Crippen LogP contribution is 2.65. The van der Waals surface area contributed by atoms with Gasteiger partial charge in [0.25, 0.3) is 5.91 Å². The Morgan fingerprint density at radius 3 is 2.77 bits per heavy atom. The number of hydrogen-bond donors (Lipinski definition) is 4. The van der Waals surface area contributed by atoms with E-state index in [2.05, 4.69) is 35.4 Å². The zero-order chi connectivity index (χ0) is 28.1. The van der Waals surface area contributed by atoms with Crippen LogP contribution in [0.2, 0.25) is 0 Å². The fraction of sp³-hybridized carbons (Fsp3) is 0.594. The van der Waals surface area contributed by atoms with Gasteiger partial charge >= 0.3 is 5.97 Å². The summed E-state index contributed by atoms with van der Waals surface area (Å²) in [4.78, 5) is 33.0. The first-order chi connectivity index (χ1) is 19.2. The number of nitrogens with zero attached hydrogens (tertiary/aromatic N) is 1. The van der Waals surface area contributed by atoms with E-state index in [-0.39, 0.29) is 30.0 Å². The van der Waals surface area contributed by atoms with Crippen molar-refractivity contribution in [1.29, 1.82) is 0 Å². The number of carboxylic acids is 1. The Balaban J connectivity index is 1.06. The Kier molecular flexibility index (Phi) is 7.01. The molecule has 7 atom stereocenters. The minimum Gasteiger partial charge on any atom is -0.480 e. The number of hydrogen-bond acceptors (Lipinski definition) is 5. The van der Waals surface area contributed by atoms with Crippen LogP contribution in [0.1, 0.15) is 70.8 Å². The SMILES string of the molecule is CC12CCC(=NOCC(=O)NC(Cc3c[nH]c4ccccc34)C(=O)O)C=C1CCC1C2CCC2(C)C(O)CCC12. The molecule has 214 valence electrons. The van der Waals surface area contributed by atoms with Gasteiger partial charge in [0, 0.05) is 23.5 Å². The molecule has 1 heterocycles. The summed E-state index contributed by atoms with van der Waals surface area (Å²) in [6.07, 6.45) is 12.4. The number of aliphatic hydroxyl groups is 1. The molecule has 6 rings (SSSR count). The molecule has 7 unspecified atom stereocenters. The van der Waals surface area contributed by atoms with Gasteiger partial charge in [0.2, 0.25) is 0 Å². The second-order valence-corrected chi connectivity index (χ2v) is 13.0. The van der Waals surface area contributed by atoms with Gasteiger partial charge in [-0.3, -0.25) is 4.79 Å². The predicted octanol–water partition coefficient (Wildman–Crippen LogP) is 4.98. The molecule has 4 N–H and O–H groups in total. The average molecular weight is 548 g/mol. The molecular formula is C32H41N3O5. The van der Waals surface area contributed by atoms with Crippen LogP contribution in [0, 0.1) is 28.6 Å². The molecule has 8 heteroatoms. The highest BCUT2D eigenvalue weighted by molar-refractivity contribution is 5.96. The number of fused-ring (bicyclic) bond motifs is 6. The molecule has 40 heavy (non-hydrogen) atoms. The summed E-state index contributed by atoms with van der Waals surface area (Å²) in [5.74, 6) is 0.362. The van der Waals surface area contributed by atoms with Gasteiger partial charge in [-0.2, -0.15) is 0 Å². The number of carboxylic acid groups (broad SMARTS) is 1. The van der Waals surface area contributed by atoms with Crippen LogP contribution >= 0.6 is 0 Å². The maximum Gasteiger partial charge on any atom is 0.326 e. The fourth-order valence-corrected chi connectivity index (χ4v) is 8.75. The van der Waals surface area contributed by atoms with Gasteiger partial charge in [0.1, 0.15) is 6.04 Å². The summed E-state index contributed by atoms with van der Waals surface area (Å²) in [5.41, 5.74) is 4.30. The minimum atomic E-state index is -1.09. The number of carbonyl (C=O) groups is 2. The molecule has 1 aromatic heterocycles. The quantitative estimate of drug-likeness (QED) is 0.364. The number of nitrogens with one attached hydrogen (secondary N) is 2. The van der Waals surface area contributed by atoms with Crippen molar-refractivity contribution in [2.24, 2.45) is 33.7 Å². The largest absolute Gasteiger partial charge is 0.480 e. The van der Waals surface area contributed by atoms with E-state index in [1.165, 1.54) is 18.4 Å². The summed E-state index contributed by atoms with van der Waals surface area (Å²) in [6, 6.07) is 6.62. The summed E-state index contributed by atoms with van der Waals surface area (Å²) in [6.45, 7) is 4.42. The standard InChI is InChI=1S/C32H41N3O5/c1-31-13-11-21(16-20(31)7-8-23-24-9-10-28(36)32(24,2)14-12-25(23)31)35-40-18-29(37)34-27(30(38)39)15-19-17-33-26-6-4-3-5-22(19)26/h3-6,16-17,23-25,27-28,33,36H,7-15,18H2,1-2H3,(H,34,37)(H,38,39). The number of aliphatic carboxylic acids is 1. The van der Waals surface area contributed by atoms with Gasteiger partial charge in [0.05, 0.1) is 11.8 Å². The highest BCUT2D eigenvalue weighted by atomic mass is 16.6. The van der Waals surface area contributed by atoms with Crippen LogP contribution in [0.15, 0.2) is 47.3 Å². The number of aromatic nitrogens is 1. The van der Waals surface area contributed by atoms with E-state index in [9.17, 15) is 19.8 Å². The van der Waals surface area contributed by atoms with Gasteiger partial charge in [-0.15, -0.1) is 0 Å². The molecule has 8 nitrogen and oxygen atoms in total. The normalized spacial score (nSPS) is 34.9. The number of benzene rings is 1. The molecule has 0 aliphatic heterocycles. The van der Waals surface area contributed by atoms with Gasteiger partial charge < -0.3 is 25.4 Å². The Morgan fingerprint density at radius 1 is 1.12 bits per heavy atom. The predicted molar refractivity (Wildman–Crippen MR) is 153 cm³/mol. The van der Waals surface area contributed by atoms with Crippen LogP contribution in [0.5, 0.6) is 0 Å². The van der Waals surface area contributed by atoms with E-state index < -0.39 is 17.9 Å². The third kappa shape index (κ3) is 4.64. The third-order valence-corrected chi connectivity index (χ3v) is 11.0. The van der Waals surface area contributed by atoms with Gasteiger partial charge in [0.15, 0.2) is 6.61 Å². The molecule has 1 amide bonds. The lowest BCUT2D eigenvalue weighted by molar-refractivity contribution is -0.142. The lowest BCUT2D eigenvalue weighted by atomic mass is 9.47. The molecule has 4 aliphatic rings. The third-order valence-electron chi connectivity index (χ3n) is 11.0. The van der Waals surface area contributed by atoms with Crippen LogP contribution < -0.4 is 5.32 Å². The second kappa shape index (κ2) is 10.4. The van der Waals surface area contributed by atoms with E-state index in [0.29, 0.717) is 17.8 Å². The van der Waals surface area contributed by atoms with Crippen molar-refractivity contribution in [3.8, 4) is 0 Å². The van der Waals surface area contributed by atoms with E-state index >= 15 is 0 Å². The first-order valence-corrected chi connectivity index (χ1v) is 14.8. The monoisotopic (exact) mass is 547 g/mol. The summed E-state index contributed by atoms with van der Waals surface area (Å²) in [5, 5.41) is 28.2. The van der Waals surface area contributed by atoms with Crippen molar-refractivity contribution in [3.63, 3.8) is 0 Å². The van der Waals surface area contributed by atoms with E-state index in [4.69, 9.17) is 4.84 Å². The number of para-hydroxylation sites is 1. The van der Waals surface area contributed by atoms with Crippen LogP contribution in [0.4, 0.5) is 0 Å². The maximum atomic E-state index is 12.6. The molecule has 2 aromatic rings. The Hall–Kier alpha value is -3.13. The molecule has 3 fully saturated rings. The van der Waals surface area contributed by atoms with Crippen LogP contribution in [-0.2, 0) is 20.8 Å². The van der Waals surface area contributed by atoms with Crippen LogP contribution in [-0.4, -0.2) is 51.5 Å². The number of amides is 1. The van der Waals surface area contributed by atoms with Gasteiger partial charge in [-0.05, 0) is 97.7 Å². The molecule has 0 radical (unpaired) electrons. The van der Waals surface area contributed by atoms with Crippen molar-refractivity contribution >= 4 is 28.5 Å². The van der Waals surface area contributed by atoms with Crippen molar-refractivity contribution in [1.82, 2.24) is 10.3 Å². The number of allylic oxidation sites excluding steroid dienone is 2. The second-order valence-electron chi connectivity index (χ2n) is 13.0. The number of carbonyl (C=O) groups excluding carboxylic acids is 1. The first kappa shape index (κ1) is 27.1. The lowest BCUT2D eigenvalue weighted by Crippen LogP contribution is -2.51. The molecule has 0 spiro atoms. The van der Waals surface area contributed by atoms with Gasteiger partial charge in [-0.1, -0.05) is 42.8 Å². The highest BCUT2D eigenvalue weighted by Gasteiger charge is 2.58. The van der Waals surface area contributed by atoms with E-state index in [1.807, 2.05) is 24.3 Å². The smallest absolute Gasteiger partial charge is 0.326 e. The minimum absolute atomic E-state index is 0.0868. The van der Waals surface area contributed by atoms with Gasteiger partial charge in [-0.25, -0.2) is 4.79 Å². The van der Waals surface area contributed by atoms with E-state index in [0.717, 1.165) is 60.7 Å². The van der Waals surface area contributed by atoms with Crippen molar-refractivity contribution in [3.05, 3.63) is 47.7 Å². The Bertz CT molecular complexity index is 1360. The van der Waals surface area contributed by atoms with E-state index in [1.54, 1.807) is 6.20 Å². The zero-order valence-corrected chi connectivity index (χ0v) is 23.5. The molecule has 3 saturated carbocycles. The topological polar surface area (TPSA) is 124 Å². The molecular weight excluding hydrogens is 506 g/mol. The molecule has 0 bridgehead atoms. The molecule has 1 aromatic carbocycles. The maximum absolute atomic E-state index is 12.6. The molecule has 4 aliphatic carbocycles. The van der Waals surface area contributed by atoms with Crippen molar-refractivity contribution in [2.45, 2.75) is 83.8 Å². The number of rotatable bonds is 7.